The minimum Gasteiger partial charge on any atom is -0.294 e. The van der Waals surface area contributed by atoms with Crippen molar-refractivity contribution < 1.29 is 9.59 Å². The number of aromatic nitrogens is 1. The second kappa shape index (κ2) is 5.17. The van der Waals surface area contributed by atoms with E-state index in [0.717, 1.165) is 5.56 Å². The highest BCUT2D eigenvalue weighted by Crippen LogP contribution is 2.20. The van der Waals surface area contributed by atoms with E-state index < -0.39 is 0 Å². The van der Waals surface area contributed by atoms with Gasteiger partial charge in [0.25, 0.3) is 0 Å². The third-order valence-corrected chi connectivity index (χ3v) is 3.26. The van der Waals surface area contributed by atoms with Crippen molar-refractivity contribution in [2.45, 2.75) is 13.0 Å². The molecule has 2 aromatic rings. The van der Waals surface area contributed by atoms with Gasteiger partial charge < -0.3 is 0 Å². The van der Waals surface area contributed by atoms with Crippen LogP contribution in [0.2, 0.25) is 0 Å². The van der Waals surface area contributed by atoms with Gasteiger partial charge in [0.15, 0.2) is 5.78 Å². The molecule has 0 bridgehead atoms. The molecule has 3 rings (SSSR count). The number of benzene rings is 1. The minimum atomic E-state index is -0.144. The summed E-state index contributed by atoms with van der Waals surface area (Å²) in [6.45, 7) is 0.388. The molecule has 1 aromatic heterocycles. The van der Waals surface area contributed by atoms with Crippen molar-refractivity contribution in [3.05, 3.63) is 65.5 Å². The Bertz CT molecular complexity index is 705. The van der Waals surface area contributed by atoms with Crippen LogP contribution in [0.25, 0.3) is 0 Å². The molecular formula is C16H12N2O2. The Balaban J connectivity index is 1.90. The highest BCUT2D eigenvalue weighted by molar-refractivity contribution is 6.52. The second-order valence-electron chi connectivity index (χ2n) is 4.59. The van der Waals surface area contributed by atoms with E-state index in [2.05, 4.69) is 9.98 Å². The predicted molar refractivity (Wildman–Crippen MR) is 75.1 cm³/mol. The van der Waals surface area contributed by atoms with Crippen LogP contribution in [-0.4, -0.2) is 22.3 Å². The Morgan fingerprint density at radius 3 is 2.45 bits per heavy atom. The van der Waals surface area contributed by atoms with E-state index in [9.17, 15) is 9.59 Å². The SMILES string of the molecule is O=C1CC(=NCc2ccncc2)C(=O)c2ccccc21. The second-order valence-corrected chi connectivity index (χ2v) is 4.59. The van der Waals surface area contributed by atoms with E-state index in [0.29, 0.717) is 23.4 Å². The third kappa shape index (κ3) is 2.28. The zero-order chi connectivity index (χ0) is 13.9. The Hall–Kier alpha value is -2.62. The summed E-state index contributed by atoms with van der Waals surface area (Å²) < 4.78 is 0. The van der Waals surface area contributed by atoms with E-state index in [1.165, 1.54) is 0 Å². The lowest BCUT2D eigenvalue weighted by Gasteiger charge is -2.15. The van der Waals surface area contributed by atoms with Crippen LogP contribution in [0.1, 0.15) is 32.7 Å². The van der Waals surface area contributed by atoms with Gasteiger partial charge in [-0.1, -0.05) is 24.3 Å². The minimum absolute atomic E-state index is 0.0475. The lowest BCUT2D eigenvalue weighted by molar-refractivity contribution is 0.0964. The van der Waals surface area contributed by atoms with Crippen LogP contribution in [0.5, 0.6) is 0 Å². The van der Waals surface area contributed by atoms with Crippen LogP contribution in [0, 0.1) is 0 Å². The molecule has 0 spiro atoms. The average molecular weight is 264 g/mol. The molecule has 0 atom stereocenters. The highest BCUT2D eigenvalue weighted by atomic mass is 16.1. The predicted octanol–water partition coefficient (Wildman–Crippen LogP) is 2.49. The first-order valence-electron chi connectivity index (χ1n) is 6.35. The fourth-order valence-corrected chi connectivity index (χ4v) is 2.21. The lowest BCUT2D eigenvalue weighted by atomic mass is 9.88. The van der Waals surface area contributed by atoms with Gasteiger partial charge in [-0.25, -0.2) is 0 Å². The number of aliphatic imine (C=N–C) groups is 1. The Kier molecular flexibility index (Phi) is 3.21. The van der Waals surface area contributed by atoms with Crippen molar-refractivity contribution in [1.82, 2.24) is 4.98 Å². The summed E-state index contributed by atoms with van der Waals surface area (Å²) in [4.78, 5) is 32.5. The maximum Gasteiger partial charge on any atom is 0.207 e. The van der Waals surface area contributed by atoms with Crippen LogP contribution in [0.3, 0.4) is 0 Å². The van der Waals surface area contributed by atoms with E-state index in [-0.39, 0.29) is 18.0 Å². The van der Waals surface area contributed by atoms with Crippen LogP contribution >= 0.6 is 0 Å². The first-order chi connectivity index (χ1) is 9.75. The van der Waals surface area contributed by atoms with Gasteiger partial charge >= 0.3 is 0 Å². The van der Waals surface area contributed by atoms with Crippen molar-refractivity contribution in [3.63, 3.8) is 0 Å². The molecule has 0 radical (unpaired) electrons. The largest absolute Gasteiger partial charge is 0.294 e. The van der Waals surface area contributed by atoms with Crippen molar-refractivity contribution in [3.8, 4) is 0 Å². The van der Waals surface area contributed by atoms with Gasteiger partial charge in [0.1, 0.15) is 0 Å². The van der Waals surface area contributed by atoms with Crippen LogP contribution in [0.15, 0.2) is 53.8 Å². The molecule has 4 nitrogen and oxygen atoms in total. The lowest BCUT2D eigenvalue weighted by Crippen LogP contribution is -2.27. The summed E-state index contributed by atoms with van der Waals surface area (Å²) in [7, 11) is 0. The molecule has 0 saturated heterocycles. The number of pyridine rings is 1. The fraction of sp³-hybridized carbons (Fsp3) is 0.125. The maximum absolute atomic E-state index is 12.3. The number of ketones is 2. The topological polar surface area (TPSA) is 59.4 Å². The van der Waals surface area contributed by atoms with E-state index >= 15 is 0 Å². The standard InChI is InChI=1S/C16H12N2O2/c19-15-9-14(18-10-11-5-7-17-8-6-11)16(20)13-4-2-1-3-12(13)15/h1-8H,9-10H2. The smallest absolute Gasteiger partial charge is 0.207 e. The van der Waals surface area contributed by atoms with Gasteiger partial charge in [-0.3, -0.25) is 19.6 Å². The summed E-state index contributed by atoms with van der Waals surface area (Å²) in [6, 6.07) is 10.6. The van der Waals surface area contributed by atoms with Gasteiger partial charge in [-0.15, -0.1) is 0 Å². The van der Waals surface area contributed by atoms with E-state index in [4.69, 9.17) is 0 Å². The highest BCUT2D eigenvalue weighted by Gasteiger charge is 2.28. The van der Waals surface area contributed by atoms with Gasteiger partial charge in [0.2, 0.25) is 5.78 Å². The zero-order valence-electron chi connectivity index (χ0n) is 10.7. The first-order valence-corrected chi connectivity index (χ1v) is 6.35. The van der Waals surface area contributed by atoms with Crippen molar-refractivity contribution in [2.24, 2.45) is 4.99 Å². The number of hydrogen-bond donors (Lipinski definition) is 0. The van der Waals surface area contributed by atoms with Gasteiger partial charge in [0, 0.05) is 23.5 Å². The van der Waals surface area contributed by atoms with Gasteiger partial charge in [-0.2, -0.15) is 0 Å². The quantitative estimate of drug-likeness (QED) is 0.837. The number of carbonyl (C=O) groups excluding carboxylic acids is 2. The summed E-state index contributed by atoms with van der Waals surface area (Å²) >= 11 is 0. The molecule has 4 heteroatoms. The molecule has 0 aliphatic heterocycles. The monoisotopic (exact) mass is 264 g/mol. The number of rotatable bonds is 2. The molecule has 1 aliphatic carbocycles. The summed E-state index contributed by atoms with van der Waals surface area (Å²) in [5.41, 5.74) is 2.26. The molecule has 20 heavy (non-hydrogen) atoms. The van der Waals surface area contributed by atoms with Crippen LogP contribution in [0.4, 0.5) is 0 Å². The molecular weight excluding hydrogens is 252 g/mol. The molecule has 0 amide bonds. The maximum atomic E-state index is 12.3. The van der Waals surface area contributed by atoms with Crippen LogP contribution in [-0.2, 0) is 6.54 Å². The van der Waals surface area contributed by atoms with Crippen molar-refractivity contribution in [1.29, 1.82) is 0 Å². The van der Waals surface area contributed by atoms with Gasteiger partial charge in [-0.05, 0) is 17.7 Å². The summed E-state index contributed by atoms with van der Waals surface area (Å²) in [5, 5.41) is 0. The molecule has 0 fully saturated rings. The Labute approximate surface area is 116 Å². The normalized spacial score (nSPS) is 16.3. The molecule has 0 unspecified atom stereocenters. The molecule has 98 valence electrons. The number of nitrogens with zero attached hydrogens (tertiary/aromatic N) is 2. The molecule has 1 heterocycles. The number of carbonyl (C=O) groups is 2. The Morgan fingerprint density at radius 1 is 1.00 bits per heavy atom. The van der Waals surface area contributed by atoms with Crippen molar-refractivity contribution in [2.75, 3.05) is 0 Å². The molecule has 0 saturated carbocycles. The molecule has 1 aliphatic rings. The number of Topliss-reactive ketones (excluding diaryl/α,β-unsaturated/α-hetero) is 2. The fourth-order valence-electron chi connectivity index (χ4n) is 2.21. The third-order valence-electron chi connectivity index (χ3n) is 3.26. The summed E-state index contributed by atoms with van der Waals surface area (Å²) in [5.74, 6) is -0.192. The number of hydrogen-bond acceptors (Lipinski definition) is 4. The number of fused-ring (bicyclic) bond motifs is 1. The Morgan fingerprint density at radius 2 is 1.70 bits per heavy atom. The average Bonchev–Trinajstić information content (AvgIpc) is 2.50. The van der Waals surface area contributed by atoms with E-state index in [1.54, 1.807) is 36.7 Å². The zero-order valence-corrected chi connectivity index (χ0v) is 10.7. The van der Waals surface area contributed by atoms with Gasteiger partial charge in [0.05, 0.1) is 18.7 Å². The molecule has 1 aromatic carbocycles. The molecule has 0 N–H and O–H groups in total. The van der Waals surface area contributed by atoms with Crippen LogP contribution < -0.4 is 0 Å². The summed E-state index contributed by atoms with van der Waals surface area (Å²) in [6.07, 6.45) is 3.44. The first kappa shape index (κ1) is 12.4. The van der Waals surface area contributed by atoms with Crippen molar-refractivity contribution >= 4 is 17.3 Å². The van der Waals surface area contributed by atoms with E-state index in [1.807, 2.05) is 12.1 Å².